The number of hydrogen-bond acceptors (Lipinski definition) is 5. The van der Waals surface area contributed by atoms with Crippen LogP contribution in [0, 0.1) is 0 Å². The van der Waals surface area contributed by atoms with Crippen LogP contribution in [0.3, 0.4) is 0 Å². The molecule has 1 aliphatic heterocycles. The van der Waals surface area contributed by atoms with Crippen molar-refractivity contribution < 1.29 is 23.1 Å². The molecule has 0 bridgehead atoms. The zero-order chi connectivity index (χ0) is 15.0. The first kappa shape index (κ1) is 15.7. The van der Waals surface area contributed by atoms with E-state index in [-0.39, 0.29) is 6.04 Å². The van der Waals surface area contributed by atoms with Crippen LogP contribution < -0.4 is 4.72 Å². The van der Waals surface area contributed by atoms with Crippen LogP contribution >= 0.6 is 0 Å². The highest BCUT2D eigenvalue weighted by atomic mass is 32.2. The number of nitrogens with zero attached hydrogens (tertiary/aromatic N) is 1. The maximum absolute atomic E-state index is 11.6. The quantitative estimate of drug-likeness (QED) is 0.695. The number of carboxylic acids is 1. The van der Waals surface area contributed by atoms with Crippen molar-refractivity contribution in [3.8, 4) is 0 Å². The maximum atomic E-state index is 11.6. The summed E-state index contributed by atoms with van der Waals surface area (Å²) in [5.41, 5.74) is -0.619. The minimum absolute atomic E-state index is 0.221. The summed E-state index contributed by atoms with van der Waals surface area (Å²) in [6.45, 7) is 0.977. The van der Waals surface area contributed by atoms with Gasteiger partial charge in [0.05, 0.1) is 11.9 Å². The summed E-state index contributed by atoms with van der Waals surface area (Å²) in [6.07, 6.45) is 4.18. The second-order valence-electron chi connectivity index (χ2n) is 5.73. The van der Waals surface area contributed by atoms with Crippen molar-refractivity contribution in [1.29, 1.82) is 0 Å². The smallest absolute Gasteiger partial charge is 0.323 e. The molecular weight excluding hydrogens is 284 g/mol. The number of rotatable bonds is 6. The molecular formula is C12H22N2O5S. The Balaban J connectivity index is 2.07. The predicted octanol–water partition coefficient (Wildman–Crippen LogP) is -0.368. The highest BCUT2D eigenvalue weighted by molar-refractivity contribution is 7.88. The van der Waals surface area contributed by atoms with E-state index in [0.29, 0.717) is 19.5 Å². The van der Waals surface area contributed by atoms with Gasteiger partial charge in [0.25, 0.3) is 0 Å². The zero-order valence-electron chi connectivity index (χ0n) is 11.8. The third-order valence-corrected chi connectivity index (χ3v) is 5.07. The van der Waals surface area contributed by atoms with Crippen molar-refractivity contribution in [1.82, 2.24) is 9.62 Å². The maximum Gasteiger partial charge on any atom is 0.323 e. The van der Waals surface area contributed by atoms with E-state index in [1.165, 1.54) is 0 Å². The molecule has 2 unspecified atom stereocenters. The fourth-order valence-electron chi connectivity index (χ4n) is 3.25. The van der Waals surface area contributed by atoms with Crippen LogP contribution in [0.2, 0.25) is 0 Å². The molecule has 0 radical (unpaired) electrons. The normalized spacial score (nSPS) is 28.0. The first-order valence-corrected chi connectivity index (χ1v) is 8.66. The first-order chi connectivity index (χ1) is 9.27. The Hall–Kier alpha value is -0.700. The van der Waals surface area contributed by atoms with Gasteiger partial charge in [-0.2, -0.15) is 0 Å². The lowest BCUT2D eigenvalue weighted by molar-refractivity contribution is -0.170. The molecule has 116 valence electrons. The van der Waals surface area contributed by atoms with Gasteiger partial charge >= 0.3 is 5.97 Å². The van der Waals surface area contributed by atoms with E-state index in [4.69, 9.17) is 4.74 Å². The van der Waals surface area contributed by atoms with Gasteiger partial charge in [0.2, 0.25) is 10.0 Å². The molecule has 1 saturated heterocycles. The Kier molecular flexibility index (Phi) is 4.38. The zero-order valence-corrected chi connectivity index (χ0v) is 12.6. The number of aliphatic carboxylic acids is 1. The predicted molar refractivity (Wildman–Crippen MR) is 73.0 cm³/mol. The Labute approximate surface area is 119 Å². The molecule has 2 fully saturated rings. The van der Waals surface area contributed by atoms with Crippen molar-refractivity contribution in [2.75, 3.05) is 26.5 Å². The molecule has 0 spiro atoms. The molecule has 1 aliphatic carbocycles. The molecule has 0 amide bonds. The van der Waals surface area contributed by atoms with Crippen LogP contribution in [0.1, 0.15) is 25.7 Å². The minimum atomic E-state index is -3.26. The molecule has 8 heteroatoms. The second kappa shape index (κ2) is 5.59. The minimum Gasteiger partial charge on any atom is -0.480 e. The average Bonchev–Trinajstić information content (AvgIpc) is 2.67. The Morgan fingerprint density at radius 3 is 2.55 bits per heavy atom. The molecule has 2 atom stereocenters. The number of hydrogen-bond donors (Lipinski definition) is 2. The van der Waals surface area contributed by atoms with Crippen molar-refractivity contribution in [3.63, 3.8) is 0 Å². The van der Waals surface area contributed by atoms with Crippen LogP contribution in [-0.4, -0.2) is 68.5 Å². The third kappa shape index (κ3) is 3.13. The molecule has 2 rings (SSSR count). The number of ether oxygens (including phenoxy) is 1. The van der Waals surface area contributed by atoms with E-state index in [0.717, 1.165) is 25.5 Å². The summed E-state index contributed by atoms with van der Waals surface area (Å²) in [5, 5.41) is 9.52. The lowest BCUT2D eigenvalue weighted by atomic mass is 9.74. The van der Waals surface area contributed by atoms with E-state index in [1.54, 1.807) is 7.11 Å². The van der Waals surface area contributed by atoms with Gasteiger partial charge < -0.3 is 9.84 Å². The lowest BCUT2D eigenvalue weighted by Gasteiger charge is -2.47. The SMILES string of the molecule is COC1(C(C(=O)O)N2CCC(NS(C)(=O)=O)C2)CCC1. The van der Waals surface area contributed by atoms with E-state index < -0.39 is 27.6 Å². The molecule has 0 aromatic carbocycles. The fourth-order valence-corrected chi connectivity index (χ4v) is 4.05. The third-order valence-electron chi connectivity index (χ3n) is 4.30. The average molecular weight is 306 g/mol. The Morgan fingerprint density at radius 1 is 1.50 bits per heavy atom. The summed E-state index contributed by atoms with van der Waals surface area (Å²) < 4.78 is 30.5. The molecule has 2 aliphatic rings. The van der Waals surface area contributed by atoms with Gasteiger partial charge in [0.1, 0.15) is 6.04 Å². The summed E-state index contributed by atoms with van der Waals surface area (Å²) in [5.74, 6) is -0.897. The van der Waals surface area contributed by atoms with Crippen molar-refractivity contribution in [2.45, 2.75) is 43.4 Å². The number of likely N-dealkylation sites (tertiary alicyclic amines) is 1. The number of carboxylic acid groups (broad SMARTS) is 1. The van der Waals surface area contributed by atoms with Crippen molar-refractivity contribution in [2.24, 2.45) is 0 Å². The van der Waals surface area contributed by atoms with Gasteiger partial charge in [-0.1, -0.05) is 0 Å². The Morgan fingerprint density at radius 2 is 2.15 bits per heavy atom. The second-order valence-corrected chi connectivity index (χ2v) is 7.51. The molecule has 20 heavy (non-hydrogen) atoms. The summed E-state index contributed by atoms with van der Waals surface area (Å²) in [7, 11) is -1.71. The van der Waals surface area contributed by atoms with E-state index in [2.05, 4.69) is 4.72 Å². The molecule has 0 aromatic rings. The lowest BCUT2D eigenvalue weighted by Crippen LogP contribution is -2.61. The van der Waals surface area contributed by atoms with Gasteiger partial charge in [0.15, 0.2) is 0 Å². The molecule has 7 nitrogen and oxygen atoms in total. The summed E-state index contributed by atoms with van der Waals surface area (Å²) >= 11 is 0. The van der Waals surface area contributed by atoms with Gasteiger partial charge in [-0.3, -0.25) is 9.69 Å². The van der Waals surface area contributed by atoms with Crippen molar-refractivity contribution >= 4 is 16.0 Å². The number of methoxy groups -OCH3 is 1. The number of sulfonamides is 1. The van der Waals surface area contributed by atoms with Crippen molar-refractivity contribution in [3.05, 3.63) is 0 Å². The summed E-state index contributed by atoms with van der Waals surface area (Å²) in [6, 6.07) is -0.923. The fraction of sp³-hybridized carbons (Fsp3) is 0.917. The van der Waals surface area contributed by atoms with Crippen LogP contribution in [0.15, 0.2) is 0 Å². The van der Waals surface area contributed by atoms with E-state index in [9.17, 15) is 18.3 Å². The highest BCUT2D eigenvalue weighted by Gasteiger charge is 2.52. The van der Waals surface area contributed by atoms with Gasteiger partial charge in [-0.15, -0.1) is 0 Å². The van der Waals surface area contributed by atoms with Gasteiger partial charge in [-0.25, -0.2) is 13.1 Å². The van der Waals surface area contributed by atoms with Crippen LogP contribution in [0.4, 0.5) is 0 Å². The van der Waals surface area contributed by atoms with E-state index >= 15 is 0 Å². The number of carbonyl (C=O) groups is 1. The van der Waals surface area contributed by atoms with E-state index in [1.807, 2.05) is 4.90 Å². The largest absolute Gasteiger partial charge is 0.480 e. The monoisotopic (exact) mass is 306 g/mol. The van der Waals surface area contributed by atoms with Crippen LogP contribution in [0.5, 0.6) is 0 Å². The van der Waals surface area contributed by atoms with Gasteiger partial charge in [0, 0.05) is 26.2 Å². The number of nitrogens with one attached hydrogen (secondary N) is 1. The van der Waals surface area contributed by atoms with Crippen LogP contribution in [0.25, 0.3) is 0 Å². The Bertz CT molecular complexity index is 469. The standard InChI is InChI=1S/C12H22N2O5S/c1-19-12(5-3-6-12)10(11(15)16)14-7-4-9(8-14)13-20(2,17)18/h9-10,13H,3-8H2,1-2H3,(H,15,16). The topological polar surface area (TPSA) is 95.9 Å². The molecule has 1 saturated carbocycles. The first-order valence-electron chi connectivity index (χ1n) is 6.77. The molecule has 1 heterocycles. The summed E-state index contributed by atoms with van der Waals surface area (Å²) in [4.78, 5) is 13.4. The highest BCUT2D eigenvalue weighted by Crippen LogP contribution is 2.41. The van der Waals surface area contributed by atoms with Gasteiger partial charge in [-0.05, 0) is 25.7 Å². The van der Waals surface area contributed by atoms with Crippen LogP contribution in [-0.2, 0) is 19.6 Å². The molecule has 0 aromatic heterocycles. The molecule has 2 N–H and O–H groups in total.